The van der Waals surface area contributed by atoms with Crippen LogP contribution in [0.15, 0.2) is 0 Å². The number of hydrogen-bond donors (Lipinski definition) is 2. The van der Waals surface area contributed by atoms with Gasteiger partial charge in [-0.1, -0.05) is 0 Å². The summed E-state index contributed by atoms with van der Waals surface area (Å²) in [7, 11) is 0. The molecule has 5 nitrogen and oxygen atoms in total. The Labute approximate surface area is 147 Å². The molecule has 2 N–H and O–H groups in total. The average molecular weight is 341 g/mol. The van der Waals surface area contributed by atoms with Crippen LogP contribution in [-0.2, 0) is 4.74 Å². The van der Waals surface area contributed by atoms with Gasteiger partial charge in [0.05, 0.1) is 6.10 Å². The van der Waals surface area contributed by atoms with Gasteiger partial charge >= 0.3 is 6.09 Å². The van der Waals surface area contributed by atoms with Gasteiger partial charge in [-0.2, -0.15) is 0 Å². The number of nitrogens with one attached hydrogen (secondary N) is 1. The molecule has 1 saturated carbocycles. The zero-order valence-electron chi connectivity index (χ0n) is 15.9. The van der Waals surface area contributed by atoms with E-state index in [9.17, 15) is 9.90 Å². The zero-order chi connectivity index (χ0) is 17.8. The number of likely N-dealkylation sites (tertiary alicyclic amines) is 1. The molecule has 2 aliphatic rings. The molecule has 5 heteroatoms. The topological polar surface area (TPSA) is 61.8 Å². The van der Waals surface area contributed by atoms with Crippen LogP contribution in [0.25, 0.3) is 0 Å². The van der Waals surface area contributed by atoms with Crippen LogP contribution in [0, 0.1) is 5.41 Å². The number of carbonyl (C=O) groups is 1. The number of hydrogen-bond acceptors (Lipinski definition) is 4. The predicted molar refractivity (Wildman–Crippen MR) is 96.0 cm³/mol. The van der Waals surface area contributed by atoms with Crippen molar-refractivity contribution in [2.24, 2.45) is 5.41 Å². The summed E-state index contributed by atoms with van der Waals surface area (Å²) in [4.78, 5) is 14.2. The predicted octanol–water partition coefficient (Wildman–Crippen LogP) is 3.31. The van der Waals surface area contributed by atoms with Gasteiger partial charge in [0.2, 0.25) is 0 Å². The van der Waals surface area contributed by atoms with E-state index in [0.717, 1.165) is 38.9 Å². The van der Waals surface area contributed by atoms with Crippen LogP contribution in [0.2, 0.25) is 0 Å². The standard InChI is InChI=1S/C19H36N2O3/c1-15(22)6-5-12-20-16-7-9-19(10-8-16)11-13-21(14-19)17(23)24-18(2,3)4/h15-16,20,22H,5-14H2,1-4H3. The summed E-state index contributed by atoms with van der Waals surface area (Å²) < 4.78 is 5.52. The van der Waals surface area contributed by atoms with Crippen molar-refractivity contribution in [2.75, 3.05) is 19.6 Å². The lowest BCUT2D eigenvalue weighted by molar-refractivity contribution is 0.0259. The van der Waals surface area contributed by atoms with Crippen LogP contribution in [0.1, 0.15) is 72.6 Å². The summed E-state index contributed by atoms with van der Waals surface area (Å²) in [5.41, 5.74) is -0.102. The van der Waals surface area contributed by atoms with Crippen molar-refractivity contribution in [3.8, 4) is 0 Å². The van der Waals surface area contributed by atoms with Crippen LogP contribution in [0.5, 0.6) is 0 Å². The Bertz CT molecular complexity index is 409. The fourth-order valence-corrected chi connectivity index (χ4v) is 3.96. The van der Waals surface area contributed by atoms with Crippen LogP contribution >= 0.6 is 0 Å². The molecule has 140 valence electrons. The third kappa shape index (κ3) is 5.92. The van der Waals surface area contributed by atoms with Crippen molar-refractivity contribution in [1.82, 2.24) is 10.2 Å². The monoisotopic (exact) mass is 340 g/mol. The first-order chi connectivity index (χ1) is 11.2. The van der Waals surface area contributed by atoms with E-state index < -0.39 is 5.60 Å². The maximum atomic E-state index is 12.3. The highest BCUT2D eigenvalue weighted by Gasteiger charge is 2.43. The van der Waals surface area contributed by atoms with Gasteiger partial charge in [-0.15, -0.1) is 0 Å². The molecule has 0 aromatic carbocycles. The van der Waals surface area contributed by atoms with E-state index in [1.54, 1.807) is 0 Å². The van der Waals surface area contributed by atoms with Crippen LogP contribution in [-0.4, -0.2) is 53.5 Å². The molecule has 1 heterocycles. The minimum atomic E-state index is -0.416. The fraction of sp³-hybridized carbons (Fsp3) is 0.947. The number of aliphatic hydroxyl groups is 1. The summed E-state index contributed by atoms with van der Waals surface area (Å²) >= 11 is 0. The Morgan fingerprint density at radius 3 is 2.58 bits per heavy atom. The van der Waals surface area contributed by atoms with Gasteiger partial charge in [0.1, 0.15) is 5.60 Å². The summed E-state index contributed by atoms with van der Waals surface area (Å²) in [5, 5.41) is 12.9. The molecule has 0 bridgehead atoms. The fourth-order valence-electron chi connectivity index (χ4n) is 3.96. The van der Waals surface area contributed by atoms with E-state index in [0.29, 0.717) is 11.5 Å². The third-order valence-corrected chi connectivity index (χ3v) is 5.37. The second-order valence-electron chi connectivity index (χ2n) is 8.87. The average Bonchev–Trinajstić information content (AvgIpc) is 2.88. The van der Waals surface area contributed by atoms with Crippen molar-refractivity contribution in [1.29, 1.82) is 0 Å². The first-order valence-corrected chi connectivity index (χ1v) is 9.59. The largest absolute Gasteiger partial charge is 0.444 e. The van der Waals surface area contributed by atoms with E-state index in [-0.39, 0.29) is 12.2 Å². The molecule has 1 spiro atoms. The van der Waals surface area contributed by atoms with Crippen molar-refractivity contribution < 1.29 is 14.6 Å². The molecule has 1 aliphatic carbocycles. The van der Waals surface area contributed by atoms with E-state index >= 15 is 0 Å². The lowest BCUT2D eigenvalue weighted by Gasteiger charge is -2.37. The number of amides is 1. The molecule has 0 aromatic heterocycles. The molecule has 0 radical (unpaired) electrons. The Hall–Kier alpha value is -0.810. The molecule has 2 fully saturated rings. The molecule has 1 amide bonds. The van der Waals surface area contributed by atoms with E-state index in [1.165, 1.54) is 25.7 Å². The number of rotatable bonds is 5. The third-order valence-electron chi connectivity index (χ3n) is 5.37. The van der Waals surface area contributed by atoms with Gasteiger partial charge < -0.3 is 20.1 Å². The van der Waals surface area contributed by atoms with Gasteiger partial charge in [-0.25, -0.2) is 4.79 Å². The smallest absolute Gasteiger partial charge is 0.410 e. The molecule has 1 aliphatic heterocycles. The minimum Gasteiger partial charge on any atom is -0.444 e. The van der Waals surface area contributed by atoms with Crippen LogP contribution in [0.3, 0.4) is 0 Å². The first-order valence-electron chi connectivity index (χ1n) is 9.59. The van der Waals surface area contributed by atoms with Crippen molar-refractivity contribution >= 4 is 6.09 Å². The Balaban J connectivity index is 1.71. The van der Waals surface area contributed by atoms with Gasteiger partial charge in [-0.3, -0.25) is 0 Å². The highest BCUT2D eigenvalue weighted by molar-refractivity contribution is 5.68. The Morgan fingerprint density at radius 2 is 2.00 bits per heavy atom. The van der Waals surface area contributed by atoms with Crippen molar-refractivity contribution in [3.05, 3.63) is 0 Å². The van der Waals surface area contributed by atoms with E-state index in [1.807, 2.05) is 32.6 Å². The summed E-state index contributed by atoms with van der Waals surface area (Å²) in [6.07, 6.45) is 7.44. The van der Waals surface area contributed by atoms with Crippen LogP contribution < -0.4 is 5.32 Å². The molecule has 2 rings (SSSR count). The normalized spacial score (nSPS) is 29.0. The summed E-state index contributed by atoms with van der Waals surface area (Å²) in [5.74, 6) is 0. The van der Waals surface area contributed by atoms with Gasteiger partial charge in [-0.05, 0) is 84.6 Å². The lowest BCUT2D eigenvalue weighted by Crippen LogP contribution is -2.41. The molecule has 24 heavy (non-hydrogen) atoms. The van der Waals surface area contributed by atoms with Crippen LogP contribution in [0.4, 0.5) is 4.79 Å². The Morgan fingerprint density at radius 1 is 1.33 bits per heavy atom. The molecule has 1 atom stereocenters. The van der Waals surface area contributed by atoms with E-state index in [2.05, 4.69) is 5.32 Å². The van der Waals surface area contributed by atoms with Gasteiger partial charge in [0.25, 0.3) is 0 Å². The zero-order valence-corrected chi connectivity index (χ0v) is 15.9. The number of aliphatic hydroxyl groups excluding tert-OH is 1. The second-order valence-corrected chi connectivity index (χ2v) is 8.87. The molecular formula is C19H36N2O3. The maximum absolute atomic E-state index is 12.3. The van der Waals surface area contributed by atoms with Crippen molar-refractivity contribution in [3.63, 3.8) is 0 Å². The minimum absolute atomic E-state index is 0.155. The number of carbonyl (C=O) groups excluding carboxylic acids is 1. The second kappa shape index (κ2) is 8.05. The highest BCUT2D eigenvalue weighted by atomic mass is 16.6. The summed E-state index contributed by atoms with van der Waals surface area (Å²) in [6, 6.07) is 0.597. The van der Waals surface area contributed by atoms with E-state index in [4.69, 9.17) is 4.74 Å². The molecule has 0 aromatic rings. The Kier molecular flexibility index (Phi) is 6.54. The lowest BCUT2D eigenvalue weighted by atomic mass is 9.72. The molecule has 1 saturated heterocycles. The maximum Gasteiger partial charge on any atom is 0.410 e. The van der Waals surface area contributed by atoms with Crippen molar-refractivity contribution in [2.45, 2.75) is 90.4 Å². The number of ether oxygens (including phenoxy) is 1. The highest BCUT2D eigenvalue weighted by Crippen LogP contribution is 2.44. The van der Waals surface area contributed by atoms with Gasteiger partial charge in [0.15, 0.2) is 0 Å². The molecule has 1 unspecified atom stereocenters. The molecular weight excluding hydrogens is 304 g/mol. The SMILES string of the molecule is CC(O)CCCNC1CCC2(CC1)CCN(C(=O)OC(C)(C)C)C2. The summed E-state index contributed by atoms with van der Waals surface area (Å²) in [6.45, 7) is 10.3. The first kappa shape index (κ1) is 19.5. The van der Waals surface area contributed by atoms with Gasteiger partial charge in [0, 0.05) is 19.1 Å². The number of nitrogens with zero attached hydrogens (tertiary/aromatic N) is 1. The quantitative estimate of drug-likeness (QED) is 0.754.